The number of alkyl halides is 3. The van der Waals surface area contributed by atoms with Crippen LogP contribution in [-0.4, -0.2) is 93.4 Å². The van der Waals surface area contributed by atoms with Crippen LogP contribution in [0.5, 0.6) is 0 Å². The minimum absolute atomic E-state index is 0.0773. The van der Waals surface area contributed by atoms with Gasteiger partial charge in [0.2, 0.25) is 16.0 Å². The lowest BCUT2D eigenvalue weighted by Gasteiger charge is -2.39. The Kier molecular flexibility index (Phi) is 8.58. The van der Waals surface area contributed by atoms with Crippen LogP contribution >= 0.6 is 0 Å². The Labute approximate surface area is 242 Å². The molecule has 0 spiro atoms. The number of halogens is 3. The molecule has 2 aromatic heterocycles. The van der Waals surface area contributed by atoms with E-state index in [1.54, 1.807) is 13.8 Å². The zero-order valence-electron chi connectivity index (χ0n) is 23.5. The number of rotatable bonds is 8. The van der Waals surface area contributed by atoms with Gasteiger partial charge in [-0.25, -0.2) is 18.4 Å². The molecule has 0 bridgehead atoms. The largest absolute Gasteiger partial charge is 0.419 e. The van der Waals surface area contributed by atoms with Crippen LogP contribution in [0.25, 0.3) is 11.3 Å². The molecule has 0 aliphatic carbocycles. The van der Waals surface area contributed by atoms with Gasteiger partial charge in [0, 0.05) is 69.0 Å². The lowest BCUT2D eigenvalue weighted by molar-refractivity contribution is -0.137. The molecule has 2 aliphatic heterocycles. The smallest absolute Gasteiger partial charge is 0.389 e. The molecule has 11 nitrogen and oxygen atoms in total. The van der Waals surface area contributed by atoms with Gasteiger partial charge >= 0.3 is 6.18 Å². The molecule has 2 fully saturated rings. The topological polar surface area (TPSA) is 129 Å². The standard InChI is InChI=1S/C27H35F3N8O3S/c1-26(2,39)18-37-17-19(15-33-37)24-23(27(28,29)30)16-32-25(35-24)34-20-3-5-22(6-4-20)42(40,41)38-11-7-21(8-12-38)36-13-9-31-10-14-36/h3-6,15-17,21,31,39H,7-14,18H2,1-2H3,(H,32,34,35). The van der Waals surface area contributed by atoms with Gasteiger partial charge in [0.15, 0.2) is 0 Å². The fourth-order valence-corrected chi connectivity index (χ4v) is 6.79. The van der Waals surface area contributed by atoms with Crippen molar-refractivity contribution in [2.75, 3.05) is 44.6 Å². The Balaban J connectivity index is 1.29. The van der Waals surface area contributed by atoms with E-state index in [9.17, 15) is 26.7 Å². The van der Waals surface area contributed by atoms with Crippen LogP contribution in [0.4, 0.5) is 24.8 Å². The first-order valence-electron chi connectivity index (χ1n) is 13.8. The molecule has 42 heavy (non-hydrogen) atoms. The van der Waals surface area contributed by atoms with Crippen molar-refractivity contribution in [3.63, 3.8) is 0 Å². The Bertz CT molecular complexity index is 1480. The molecular weight excluding hydrogens is 573 g/mol. The van der Waals surface area contributed by atoms with Gasteiger partial charge in [0.1, 0.15) is 5.56 Å². The van der Waals surface area contributed by atoms with Crippen molar-refractivity contribution in [3.8, 4) is 11.3 Å². The first kappa shape index (κ1) is 30.4. The number of aliphatic hydroxyl groups is 1. The van der Waals surface area contributed by atoms with Crippen molar-refractivity contribution in [1.82, 2.24) is 34.3 Å². The maximum Gasteiger partial charge on any atom is 0.419 e. The lowest BCUT2D eigenvalue weighted by Crippen LogP contribution is -2.52. The number of hydrogen-bond acceptors (Lipinski definition) is 9. The molecule has 5 rings (SSSR count). The van der Waals surface area contributed by atoms with Crippen LogP contribution in [0.1, 0.15) is 32.3 Å². The van der Waals surface area contributed by atoms with E-state index < -0.39 is 27.4 Å². The molecule has 2 aliphatic rings. The Morgan fingerprint density at radius 2 is 1.71 bits per heavy atom. The normalized spacial score (nSPS) is 18.3. The molecule has 0 radical (unpaired) electrons. The molecular formula is C27H35F3N8O3S. The van der Waals surface area contributed by atoms with E-state index in [1.807, 2.05) is 0 Å². The highest BCUT2D eigenvalue weighted by molar-refractivity contribution is 7.89. The highest BCUT2D eigenvalue weighted by Gasteiger charge is 2.36. The number of benzene rings is 1. The predicted octanol–water partition coefficient (Wildman–Crippen LogP) is 2.93. The monoisotopic (exact) mass is 608 g/mol. The molecule has 0 saturated carbocycles. The van der Waals surface area contributed by atoms with Gasteiger partial charge in [-0.3, -0.25) is 9.58 Å². The Morgan fingerprint density at radius 1 is 1.05 bits per heavy atom. The van der Waals surface area contributed by atoms with Crippen LogP contribution in [-0.2, 0) is 22.7 Å². The van der Waals surface area contributed by atoms with Gasteiger partial charge in [0.25, 0.3) is 0 Å². The summed E-state index contributed by atoms with van der Waals surface area (Å²) in [5, 5.41) is 20.3. The number of piperazine rings is 1. The van der Waals surface area contributed by atoms with Gasteiger partial charge in [-0.1, -0.05) is 0 Å². The van der Waals surface area contributed by atoms with E-state index in [4.69, 9.17) is 0 Å². The van der Waals surface area contributed by atoms with Gasteiger partial charge in [-0.2, -0.15) is 22.6 Å². The van der Waals surface area contributed by atoms with E-state index in [2.05, 4.69) is 30.6 Å². The lowest BCUT2D eigenvalue weighted by atomic mass is 10.0. The van der Waals surface area contributed by atoms with Crippen LogP contribution in [0.3, 0.4) is 0 Å². The summed E-state index contributed by atoms with van der Waals surface area (Å²) in [5.74, 6) is -0.0983. The maximum atomic E-state index is 13.8. The van der Waals surface area contributed by atoms with Crippen LogP contribution < -0.4 is 10.6 Å². The number of nitrogens with zero attached hydrogens (tertiary/aromatic N) is 6. The highest BCUT2D eigenvalue weighted by Crippen LogP contribution is 2.36. The van der Waals surface area contributed by atoms with E-state index in [1.165, 1.54) is 45.6 Å². The van der Waals surface area contributed by atoms with Crippen molar-refractivity contribution in [3.05, 3.63) is 48.4 Å². The van der Waals surface area contributed by atoms with Crippen molar-refractivity contribution in [2.24, 2.45) is 0 Å². The Hall–Kier alpha value is -3.11. The average Bonchev–Trinajstić information content (AvgIpc) is 3.40. The zero-order valence-corrected chi connectivity index (χ0v) is 24.3. The summed E-state index contributed by atoms with van der Waals surface area (Å²) in [4.78, 5) is 10.5. The first-order valence-corrected chi connectivity index (χ1v) is 15.2. The number of anilines is 2. The number of sulfonamides is 1. The second-order valence-electron chi connectivity index (χ2n) is 11.3. The van der Waals surface area contributed by atoms with Gasteiger partial charge in [-0.05, 0) is 51.0 Å². The van der Waals surface area contributed by atoms with Gasteiger partial charge in [-0.15, -0.1) is 0 Å². The second kappa shape index (κ2) is 11.9. The molecule has 1 aromatic carbocycles. The fraction of sp³-hybridized carbons (Fsp3) is 0.519. The fourth-order valence-electron chi connectivity index (χ4n) is 5.32. The van der Waals surface area contributed by atoms with E-state index in [0.717, 1.165) is 39.0 Å². The van der Waals surface area contributed by atoms with Crippen LogP contribution in [0.15, 0.2) is 47.8 Å². The third-order valence-corrected chi connectivity index (χ3v) is 9.30. The molecule has 4 heterocycles. The third-order valence-electron chi connectivity index (χ3n) is 7.39. The number of piperidine rings is 1. The number of aromatic nitrogens is 4. The maximum absolute atomic E-state index is 13.8. The summed E-state index contributed by atoms with van der Waals surface area (Å²) in [6.45, 7) is 7.95. The molecule has 3 aromatic rings. The molecule has 0 unspecified atom stereocenters. The number of nitrogens with one attached hydrogen (secondary N) is 2. The molecule has 3 N–H and O–H groups in total. The predicted molar refractivity (Wildman–Crippen MR) is 151 cm³/mol. The van der Waals surface area contributed by atoms with Crippen molar-refractivity contribution in [1.29, 1.82) is 0 Å². The molecule has 228 valence electrons. The van der Waals surface area contributed by atoms with E-state index in [0.29, 0.717) is 31.0 Å². The molecule has 2 saturated heterocycles. The van der Waals surface area contributed by atoms with Crippen molar-refractivity contribution < 1.29 is 26.7 Å². The van der Waals surface area contributed by atoms with E-state index in [-0.39, 0.29) is 28.6 Å². The quantitative estimate of drug-likeness (QED) is 0.354. The minimum atomic E-state index is -4.71. The van der Waals surface area contributed by atoms with E-state index >= 15 is 0 Å². The van der Waals surface area contributed by atoms with Crippen LogP contribution in [0.2, 0.25) is 0 Å². The SMILES string of the molecule is CC(C)(O)Cn1cc(-c2nc(Nc3ccc(S(=O)(=O)N4CCC(N5CCNCC5)CC4)cc3)ncc2C(F)(F)F)cn1. The summed E-state index contributed by atoms with van der Waals surface area (Å²) in [6.07, 6.45) is 0.180. The molecule has 0 atom stereocenters. The summed E-state index contributed by atoms with van der Waals surface area (Å²) >= 11 is 0. The van der Waals surface area contributed by atoms with Crippen molar-refractivity contribution >= 4 is 21.7 Å². The minimum Gasteiger partial charge on any atom is -0.389 e. The third kappa shape index (κ3) is 7.09. The second-order valence-corrected chi connectivity index (χ2v) is 13.2. The number of hydrogen-bond donors (Lipinski definition) is 3. The van der Waals surface area contributed by atoms with Gasteiger partial charge in [0.05, 0.1) is 28.9 Å². The molecule has 0 amide bonds. The molecule has 15 heteroatoms. The summed E-state index contributed by atoms with van der Waals surface area (Å²) < 4.78 is 70.7. The first-order chi connectivity index (χ1) is 19.8. The Morgan fingerprint density at radius 3 is 2.33 bits per heavy atom. The zero-order chi connectivity index (χ0) is 30.1. The van der Waals surface area contributed by atoms with Crippen LogP contribution in [0, 0.1) is 0 Å². The summed E-state index contributed by atoms with van der Waals surface area (Å²) in [5.41, 5.74) is -1.99. The van der Waals surface area contributed by atoms with Crippen molar-refractivity contribution in [2.45, 2.75) is 55.9 Å². The summed E-state index contributed by atoms with van der Waals surface area (Å²) in [7, 11) is -3.69. The van der Waals surface area contributed by atoms with Gasteiger partial charge < -0.3 is 15.7 Å². The summed E-state index contributed by atoms with van der Waals surface area (Å²) in [6, 6.07) is 6.37. The highest BCUT2D eigenvalue weighted by atomic mass is 32.2. The average molecular weight is 609 g/mol.